The van der Waals surface area contributed by atoms with Crippen molar-refractivity contribution in [2.45, 2.75) is 56.8 Å². The number of likely N-dealkylation sites (tertiary alicyclic amines) is 1. The molecule has 0 radical (unpaired) electrons. The molecule has 5 fully saturated rings. The molecule has 2 aromatic carbocycles. The van der Waals surface area contributed by atoms with Gasteiger partial charge in [0.2, 0.25) is 0 Å². The van der Waals surface area contributed by atoms with E-state index in [2.05, 4.69) is 40.2 Å². The van der Waals surface area contributed by atoms with E-state index in [1.165, 1.54) is 68.7 Å². The second-order valence-corrected chi connectivity index (χ2v) is 12.6. The van der Waals surface area contributed by atoms with Crippen molar-refractivity contribution >= 4 is 28.9 Å². The Labute approximate surface area is 211 Å². The molecule has 6 aliphatic rings. The molecule has 8 rings (SSSR count). The molecule has 5 heteroatoms. The summed E-state index contributed by atoms with van der Waals surface area (Å²) in [5, 5.41) is 11.8. The first kappa shape index (κ1) is 21.7. The van der Waals surface area contributed by atoms with Gasteiger partial charge in [-0.2, -0.15) is 4.99 Å². The third kappa shape index (κ3) is 3.83. The SMILES string of the molecule is O=C1N=C(N2CCCC2)S/C1=C\c1cccc(-c2ccc(O)c(C34CC5CC(CC(C5)C3)C4)c2)c1. The standard InChI is InChI=1S/C30H32N2O2S/c33-26-7-6-24(15-25(26)30-16-20-10-21(17-30)12-22(11-20)18-30)23-5-3-4-19(13-23)14-27-28(34)31-29(35-27)32-8-1-2-9-32/h3-7,13-15,20-22,33H,1-2,8-12,16-18H2/b27-14-. The fraction of sp³-hybridized carbons (Fsp3) is 0.467. The summed E-state index contributed by atoms with van der Waals surface area (Å²) < 4.78 is 0. The van der Waals surface area contributed by atoms with Crippen LogP contribution in [0.1, 0.15) is 62.5 Å². The van der Waals surface area contributed by atoms with Gasteiger partial charge in [-0.05, 0) is 127 Å². The highest BCUT2D eigenvalue weighted by Gasteiger charge is 2.52. The Morgan fingerprint density at radius 2 is 1.63 bits per heavy atom. The first-order valence-electron chi connectivity index (χ1n) is 13.3. The fourth-order valence-corrected chi connectivity index (χ4v) is 8.95. The van der Waals surface area contributed by atoms with Crippen molar-refractivity contribution in [3.63, 3.8) is 0 Å². The van der Waals surface area contributed by atoms with Gasteiger partial charge in [-0.3, -0.25) is 4.79 Å². The van der Waals surface area contributed by atoms with Crippen LogP contribution in [0.3, 0.4) is 0 Å². The molecule has 0 aromatic heterocycles. The lowest BCUT2D eigenvalue weighted by atomic mass is 9.48. The largest absolute Gasteiger partial charge is 0.508 e. The number of amidine groups is 1. The number of carbonyl (C=O) groups excluding carboxylic acids is 1. The number of aromatic hydroxyl groups is 1. The lowest BCUT2D eigenvalue weighted by Crippen LogP contribution is -2.48. The van der Waals surface area contributed by atoms with E-state index >= 15 is 0 Å². The lowest BCUT2D eigenvalue weighted by Gasteiger charge is -2.57. The van der Waals surface area contributed by atoms with E-state index in [4.69, 9.17) is 0 Å². The van der Waals surface area contributed by atoms with Crippen LogP contribution >= 0.6 is 11.8 Å². The van der Waals surface area contributed by atoms with E-state index in [1.54, 1.807) is 0 Å². The molecule has 180 valence electrons. The minimum atomic E-state index is -0.129. The van der Waals surface area contributed by atoms with Crippen molar-refractivity contribution in [3.8, 4) is 16.9 Å². The van der Waals surface area contributed by atoms with Crippen LogP contribution in [0.2, 0.25) is 0 Å². The smallest absolute Gasteiger partial charge is 0.286 e. The molecular formula is C30H32N2O2S. The van der Waals surface area contributed by atoms with Gasteiger partial charge in [-0.25, -0.2) is 0 Å². The zero-order chi connectivity index (χ0) is 23.6. The second-order valence-electron chi connectivity index (χ2n) is 11.6. The molecule has 35 heavy (non-hydrogen) atoms. The van der Waals surface area contributed by atoms with Crippen LogP contribution in [0.15, 0.2) is 52.4 Å². The van der Waals surface area contributed by atoms with Crippen molar-refractivity contribution in [2.24, 2.45) is 22.7 Å². The number of phenolic OH excluding ortho intramolecular Hbond substituents is 1. The number of benzene rings is 2. The van der Waals surface area contributed by atoms with Gasteiger partial charge in [0.05, 0.1) is 4.91 Å². The number of aliphatic imine (C=N–C) groups is 1. The minimum absolute atomic E-state index is 0.129. The molecule has 4 aliphatic carbocycles. The van der Waals surface area contributed by atoms with E-state index in [0.29, 0.717) is 10.7 Å². The van der Waals surface area contributed by atoms with Crippen molar-refractivity contribution in [1.82, 2.24) is 4.90 Å². The molecule has 4 nitrogen and oxygen atoms in total. The summed E-state index contributed by atoms with van der Waals surface area (Å²) in [4.78, 5) is 19.8. The van der Waals surface area contributed by atoms with E-state index in [-0.39, 0.29) is 11.3 Å². The molecule has 1 amide bonds. The van der Waals surface area contributed by atoms with Crippen molar-refractivity contribution in [3.05, 3.63) is 58.5 Å². The second kappa shape index (κ2) is 8.26. The van der Waals surface area contributed by atoms with Crippen LogP contribution in [0, 0.1) is 17.8 Å². The first-order valence-corrected chi connectivity index (χ1v) is 14.1. The van der Waals surface area contributed by atoms with Crippen LogP contribution in [0.5, 0.6) is 5.75 Å². The van der Waals surface area contributed by atoms with Crippen LogP contribution in [-0.4, -0.2) is 34.2 Å². The van der Waals surface area contributed by atoms with Crippen LogP contribution in [0.25, 0.3) is 17.2 Å². The first-order chi connectivity index (χ1) is 17.0. The Kier molecular flexibility index (Phi) is 5.13. The molecular weight excluding hydrogens is 452 g/mol. The molecule has 2 heterocycles. The number of nitrogens with zero attached hydrogens (tertiary/aromatic N) is 2. The molecule has 4 saturated carbocycles. The summed E-state index contributed by atoms with van der Waals surface area (Å²) in [6.07, 6.45) is 12.2. The summed E-state index contributed by atoms with van der Waals surface area (Å²) in [6.45, 7) is 1.99. The quantitative estimate of drug-likeness (QED) is 0.499. The van der Waals surface area contributed by atoms with E-state index < -0.39 is 0 Å². The molecule has 4 bridgehead atoms. The van der Waals surface area contributed by atoms with Crippen LogP contribution < -0.4 is 0 Å². The Hall–Kier alpha value is -2.53. The van der Waals surface area contributed by atoms with Crippen molar-refractivity contribution in [2.75, 3.05) is 13.1 Å². The normalized spacial score (nSPS) is 32.6. The number of hydrogen-bond donors (Lipinski definition) is 1. The molecule has 1 N–H and O–H groups in total. The highest BCUT2D eigenvalue weighted by atomic mass is 32.2. The number of hydrogen-bond acceptors (Lipinski definition) is 4. The maximum absolute atomic E-state index is 12.6. The highest BCUT2D eigenvalue weighted by Crippen LogP contribution is 2.62. The Morgan fingerprint density at radius 3 is 2.34 bits per heavy atom. The number of rotatable bonds is 3. The predicted molar refractivity (Wildman–Crippen MR) is 142 cm³/mol. The van der Waals surface area contributed by atoms with Crippen LogP contribution in [0.4, 0.5) is 0 Å². The zero-order valence-electron chi connectivity index (χ0n) is 20.1. The maximum atomic E-state index is 12.6. The Balaban J connectivity index is 1.18. The molecule has 0 unspecified atom stereocenters. The predicted octanol–water partition coefficient (Wildman–Crippen LogP) is 6.59. The molecule has 2 aliphatic heterocycles. The molecule has 2 aromatic rings. The van der Waals surface area contributed by atoms with Gasteiger partial charge in [-0.15, -0.1) is 0 Å². The summed E-state index contributed by atoms with van der Waals surface area (Å²) in [5.41, 5.74) is 4.61. The van der Waals surface area contributed by atoms with E-state index in [1.807, 2.05) is 18.2 Å². The molecule has 0 spiro atoms. The summed E-state index contributed by atoms with van der Waals surface area (Å²) >= 11 is 1.50. The summed E-state index contributed by atoms with van der Waals surface area (Å²) in [5.74, 6) is 2.86. The summed E-state index contributed by atoms with van der Waals surface area (Å²) in [6, 6.07) is 14.6. The monoisotopic (exact) mass is 484 g/mol. The Bertz CT molecular complexity index is 1220. The number of carbonyl (C=O) groups is 1. The number of thioether (sulfide) groups is 1. The number of amides is 1. The molecule has 0 atom stereocenters. The minimum Gasteiger partial charge on any atom is -0.508 e. The third-order valence-electron chi connectivity index (χ3n) is 9.11. The molecule has 1 saturated heterocycles. The van der Waals surface area contributed by atoms with Crippen LogP contribution in [-0.2, 0) is 10.2 Å². The van der Waals surface area contributed by atoms with Gasteiger partial charge in [0.1, 0.15) is 5.75 Å². The van der Waals surface area contributed by atoms with Gasteiger partial charge in [0.25, 0.3) is 5.91 Å². The van der Waals surface area contributed by atoms with Gasteiger partial charge >= 0.3 is 0 Å². The average molecular weight is 485 g/mol. The van der Waals surface area contributed by atoms with Gasteiger partial charge in [-0.1, -0.05) is 24.3 Å². The third-order valence-corrected chi connectivity index (χ3v) is 10.2. The van der Waals surface area contributed by atoms with Crippen molar-refractivity contribution in [1.29, 1.82) is 0 Å². The maximum Gasteiger partial charge on any atom is 0.286 e. The van der Waals surface area contributed by atoms with Crippen molar-refractivity contribution < 1.29 is 9.90 Å². The van der Waals surface area contributed by atoms with E-state index in [9.17, 15) is 9.90 Å². The van der Waals surface area contributed by atoms with Gasteiger partial charge in [0, 0.05) is 18.7 Å². The highest BCUT2D eigenvalue weighted by molar-refractivity contribution is 8.18. The zero-order valence-corrected chi connectivity index (χ0v) is 20.9. The fourth-order valence-electron chi connectivity index (χ4n) is 7.98. The topological polar surface area (TPSA) is 52.9 Å². The van der Waals surface area contributed by atoms with Gasteiger partial charge < -0.3 is 10.0 Å². The van der Waals surface area contributed by atoms with E-state index in [0.717, 1.165) is 52.7 Å². The lowest BCUT2D eigenvalue weighted by molar-refractivity contribution is -0.113. The average Bonchev–Trinajstić information content (AvgIpc) is 3.49. The number of phenols is 1. The Morgan fingerprint density at radius 1 is 0.943 bits per heavy atom. The van der Waals surface area contributed by atoms with Gasteiger partial charge in [0.15, 0.2) is 5.17 Å². The summed E-state index contributed by atoms with van der Waals surface area (Å²) in [7, 11) is 0.